The van der Waals surface area contributed by atoms with Gasteiger partial charge in [0.05, 0.1) is 26.0 Å². The number of hydrogen-bond acceptors (Lipinski definition) is 7. The molecule has 0 aliphatic carbocycles. The normalized spacial score (nSPS) is 11.2. The topological polar surface area (TPSA) is 133 Å². The Morgan fingerprint density at radius 3 is 2.67 bits per heavy atom. The van der Waals surface area contributed by atoms with Crippen LogP contribution in [0.5, 0.6) is 11.5 Å². The Morgan fingerprint density at radius 1 is 1.25 bits per heavy atom. The number of carbonyl (C=O) groups excluding carboxylic acids is 1. The van der Waals surface area contributed by atoms with E-state index in [1.807, 2.05) is 20.8 Å². The van der Waals surface area contributed by atoms with Crippen LogP contribution in [0.3, 0.4) is 0 Å². The summed E-state index contributed by atoms with van der Waals surface area (Å²) in [6.45, 7) is 6.06. The van der Waals surface area contributed by atoms with Gasteiger partial charge in [-0.05, 0) is 56.2 Å². The molecule has 2 heterocycles. The van der Waals surface area contributed by atoms with Crippen LogP contribution in [0.1, 0.15) is 44.9 Å². The van der Waals surface area contributed by atoms with E-state index in [0.29, 0.717) is 35.8 Å². The molecule has 1 amide bonds. The van der Waals surface area contributed by atoms with Crippen molar-refractivity contribution in [1.29, 1.82) is 0 Å². The van der Waals surface area contributed by atoms with Gasteiger partial charge in [0, 0.05) is 12.6 Å². The average Bonchev–Trinajstić information content (AvgIpc) is 3.35. The van der Waals surface area contributed by atoms with Gasteiger partial charge in [-0.25, -0.2) is 4.79 Å². The van der Waals surface area contributed by atoms with E-state index in [1.54, 1.807) is 36.4 Å². The smallest absolute Gasteiger partial charge is 0.330 e. The summed E-state index contributed by atoms with van der Waals surface area (Å²) >= 11 is 0. The van der Waals surface area contributed by atoms with Crippen LogP contribution >= 0.6 is 0 Å². The summed E-state index contributed by atoms with van der Waals surface area (Å²) in [5, 5.41) is 0. The first-order valence-corrected chi connectivity index (χ1v) is 11.7. The highest BCUT2D eigenvalue weighted by Gasteiger charge is 2.24. The molecular weight excluding hydrogens is 464 g/mol. The van der Waals surface area contributed by atoms with Crippen LogP contribution in [-0.2, 0) is 17.9 Å². The van der Waals surface area contributed by atoms with Gasteiger partial charge in [0.25, 0.3) is 11.5 Å². The highest BCUT2D eigenvalue weighted by atomic mass is 16.5. The number of unbranched alkanes of at least 4 members (excludes halogenated alkanes) is 1. The fourth-order valence-corrected chi connectivity index (χ4v) is 3.60. The summed E-state index contributed by atoms with van der Waals surface area (Å²) < 4.78 is 17.8. The standard InChI is InChI=1S/C26H32N4O6/c1-5-6-13-29-24(27)23(25(32)28-26(29)33)30(16-19-8-7-14-35-19)22(31)12-10-18-9-11-20(36-17(2)3)21(15-18)34-4/h7-12,14-15,17H,5-6,13,16,27H2,1-4H3,(H,28,32,33)/b12-10+. The van der Waals surface area contributed by atoms with Crippen LogP contribution in [0.4, 0.5) is 11.5 Å². The van der Waals surface area contributed by atoms with Crippen molar-refractivity contribution in [3.63, 3.8) is 0 Å². The van der Waals surface area contributed by atoms with Crippen molar-refractivity contribution in [1.82, 2.24) is 9.55 Å². The minimum Gasteiger partial charge on any atom is -0.493 e. The first kappa shape index (κ1) is 26.4. The lowest BCUT2D eigenvalue weighted by Crippen LogP contribution is -2.40. The number of anilines is 2. The number of methoxy groups -OCH3 is 1. The molecule has 3 aromatic rings. The summed E-state index contributed by atoms with van der Waals surface area (Å²) in [6.07, 6.45) is 5.86. The summed E-state index contributed by atoms with van der Waals surface area (Å²) in [7, 11) is 1.54. The van der Waals surface area contributed by atoms with E-state index in [1.165, 1.54) is 28.9 Å². The van der Waals surface area contributed by atoms with Crippen molar-refractivity contribution >= 4 is 23.5 Å². The molecule has 0 aliphatic heterocycles. The number of nitrogens with zero attached hydrogens (tertiary/aromatic N) is 2. The van der Waals surface area contributed by atoms with Crippen molar-refractivity contribution in [3.8, 4) is 11.5 Å². The Bertz CT molecular complexity index is 1320. The summed E-state index contributed by atoms with van der Waals surface area (Å²) in [4.78, 5) is 42.0. The Kier molecular flexibility index (Phi) is 8.77. The first-order valence-electron chi connectivity index (χ1n) is 11.7. The minimum atomic E-state index is -0.754. The molecular formula is C26H32N4O6. The van der Waals surface area contributed by atoms with E-state index in [-0.39, 0.29) is 24.2 Å². The third-order valence-electron chi connectivity index (χ3n) is 5.35. The number of H-pyrrole nitrogens is 1. The number of nitrogens with two attached hydrogens (primary N) is 1. The minimum absolute atomic E-state index is 0.0267. The average molecular weight is 497 g/mol. The van der Waals surface area contributed by atoms with Crippen molar-refractivity contribution in [2.24, 2.45) is 0 Å². The molecule has 10 nitrogen and oxygen atoms in total. The second-order valence-corrected chi connectivity index (χ2v) is 8.41. The molecule has 0 atom stereocenters. The molecule has 36 heavy (non-hydrogen) atoms. The highest BCUT2D eigenvalue weighted by Crippen LogP contribution is 2.29. The maximum absolute atomic E-state index is 13.4. The lowest BCUT2D eigenvalue weighted by atomic mass is 10.1. The first-order chi connectivity index (χ1) is 17.2. The molecule has 2 aromatic heterocycles. The number of furan rings is 1. The Hall–Kier alpha value is -4.21. The van der Waals surface area contributed by atoms with Crippen LogP contribution in [-0.4, -0.2) is 28.7 Å². The number of aromatic nitrogens is 2. The van der Waals surface area contributed by atoms with Gasteiger partial charge in [-0.2, -0.15) is 0 Å². The Labute approximate surface area is 208 Å². The molecule has 0 fully saturated rings. The summed E-state index contributed by atoms with van der Waals surface area (Å²) in [5.41, 5.74) is 5.45. The van der Waals surface area contributed by atoms with Gasteiger partial charge in [-0.1, -0.05) is 19.4 Å². The largest absolute Gasteiger partial charge is 0.493 e. The van der Waals surface area contributed by atoms with Gasteiger partial charge < -0.3 is 19.6 Å². The maximum Gasteiger partial charge on any atom is 0.330 e. The zero-order valence-electron chi connectivity index (χ0n) is 20.9. The molecule has 0 aliphatic rings. The van der Waals surface area contributed by atoms with Crippen molar-refractivity contribution in [2.75, 3.05) is 17.7 Å². The van der Waals surface area contributed by atoms with Crippen LogP contribution in [0, 0.1) is 0 Å². The van der Waals surface area contributed by atoms with Crippen LogP contribution < -0.4 is 31.4 Å². The molecule has 3 rings (SSSR count). The van der Waals surface area contributed by atoms with E-state index >= 15 is 0 Å². The molecule has 1 aromatic carbocycles. The molecule has 192 valence electrons. The van der Waals surface area contributed by atoms with Crippen molar-refractivity contribution in [3.05, 3.63) is 74.8 Å². The fraction of sp³-hybridized carbons (Fsp3) is 0.346. The maximum atomic E-state index is 13.4. The van der Waals surface area contributed by atoms with Gasteiger partial charge in [0.15, 0.2) is 17.2 Å². The lowest BCUT2D eigenvalue weighted by molar-refractivity contribution is -0.114. The molecule has 0 unspecified atom stereocenters. The zero-order valence-corrected chi connectivity index (χ0v) is 20.9. The molecule has 0 saturated carbocycles. The second kappa shape index (κ2) is 12.0. The molecule has 10 heteroatoms. The number of rotatable bonds is 11. The number of benzene rings is 1. The van der Waals surface area contributed by atoms with E-state index in [9.17, 15) is 14.4 Å². The van der Waals surface area contributed by atoms with Crippen LogP contribution in [0.15, 0.2) is 56.7 Å². The van der Waals surface area contributed by atoms with Gasteiger partial charge >= 0.3 is 5.69 Å². The quantitative estimate of drug-likeness (QED) is 0.388. The van der Waals surface area contributed by atoms with Crippen molar-refractivity contribution in [2.45, 2.75) is 52.8 Å². The Morgan fingerprint density at radius 2 is 2.03 bits per heavy atom. The third kappa shape index (κ3) is 6.26. The predicted octanol–water partition coefficient (Wildman–Crippen LogP) is 3.55. The van der Waals surface area contributed by atoms with Gasteiger partial charge in [-0.15, -0.1) is 0 Å². The predicted molar refractivity (Wildman–Crippen MR) is 138 cm³/mol. The number of aromatic amines is 1. The number of ether oxygens (including phenoxy) is 2. The fourth-order valence-electron chi connectivity index (χ4n) is 3.60. The van der Waals surface area contributed by atoms with E-state index < -0.39 is 17.2 Å². The Balaban J connectivity index is 1.99. The molecule has 0 spiro atoms. The molecule has 0 radical (unpaired) electrons. The second-order valence-electron chi connectivity index (χ2n) is 8.41. The highest BCUT2D eigenvalue weighted by molar-refractivity contribution is 6.05. The lowest BCUT2D eigenvalue weighted by Gasteiger charge is -2.22. The van der Waals surface area contributed by atoms with Crippen LogP contribution in [0.25, 0.3) is 6.08 Å². The third-order valence-corrected chi connectivity index (χ3v) is 5.35. The number of amides is 1. The van der Waals surface area contributed by atoms with Gasteiger partial charge in [-0.3, -0.25) is 24.0 Å². The molecule has 3 N–H and O–H groups in total. The summed E-state index contributed by atoms with van der Waals surface area (Å²) in [5.74, 6) is 0.949. The monoisotopic (exact) mass is 496 g/mol. The number of carbonyl (C=O) groups is 1. The number of hydrogen-bond donors (Lipinski definition) is 2. The number of nitrogens with one attached hydrogen (secondary N) is 1. The van der Waals surface area contributed by atoms with Gasteiger partial charge in [0.1, 0.15) is 11.6 Å². The number of nitrogen functional groups attached to an aromatic ring is 1. The molecule has 0 saturated heterocycles. The molecule has 0 bridgehead atoms. The van der Waals surface area contributed by atoms with Crippen LogP contribution in [0.2, 0.25) is 0 Å². The summed E-state index contributed by atoms with van der Waals surface area (Å²) in [6, 6.07) is 8.64. The van der Waals surface area contributed by atoms with Crippen molar-refractivity contribution < 1.29 is 18.7 Å². The van der Waals surface area contributed by atoms with E-state index in [2.05, 4.69) is 4.98 Å². The SMILES string of the molecule is CCCCn1c(N)c(N(Cc2ccco2)C(=O)/C=C/c2ccc(OC(C)C)c(OC)c2)c(=O)[nH]c1=O. The van der Waals surface area contributed by atoms with E-state index in [0.717, 1.165) is 6.42 Å². The van der Waals surface area contributed by atoms with Gasteiger partial charge in [0.2, 0.25) is 0 Å². The van der Waals surface area contributed by atoms with E-state index in [4.69, 9.17) is 19.6 Å². The zero-order chi connectivity index (χ0) is 26.2.